The molecule has 9 heteroatoms. The summed E-state index contributed by atoms with van der Waals surface area (Å²) in [6.07, 6.45) is -2.11. The van der Waals surface area contributed by atoms with Gasteiger partial charge in [0.2, 0.25) is 15.9 Å². The minimum absolute atomic E-state index is 0.0394. The monoisotopic (exact) mass is 384 g/mol. The molecular formula is C17H15F3N2O3S. The largest absolute Gasteiger partial charge is 0.416 e. The number of hydrogen-bond donors (Lipinski definition) is 2. The summed E-state index contributed by atoms with van der Waals surface area (Å²) in [5.74, 6) is -0.563. The number of hydrogen-bond acceptors (Lipinski definition) is 3. The topological polar surface area (TPSA) is 75.3 Å². The van der Waals surface area contributed by atoms with E-state index < -0.39 is 27.7 Å². The molecule has 0 aliphatic heterocycles. The first-order valence-electron chi connectivity index (χ1n) is 7.32. The first kappa shape index (κ1) is 19.7. The molecule has 138 valence electrons. The summed E-state index contributed by atoms with van der Waals surface area (Å²) in [5.41, 5.74) is -0.231. The number of carbonyl (C=O) groups is 1. The van der Waals surface area contributed by atoms with Gasteiger partial charge in [-0.1, -0.05) is 12.1 Å². The minimum atomic E-state index is -4.46. The van der Waals surface area contributed by atoms with E-state index in [1.165, 1.54) is 49.5 Å². The first-order valence-corrected chi connectivity index (χ1v) is 8.80. The third-order valence-electron chi connectivity index (χ3n) is 3.34. The molecule has 0 heterocycles. The maximum atomic E-state index is 12.6. The Balaban J connectivity index is 2.06. The van der Waals surface area contributed by atoms with E-state index in [-0.39, 0.29) is 10.5 Å². The molecule has 0 spiro atoms. The summed E-state index contributed by atoms with van der Waals surface area (Å²) in [6, 6.07) is 10.0. The number of rotatable bonds is 5. The third kappa shape index (κ3) is 5.17. The van der Waals surface area contributed by atoms with Crippen LogP contribution in [0.3, 0.4) is 0 Å². The zero-order chi connectivity index (χ0) is 19.4. The Hall–Kier alpha value is -2.65. The molecule has 0 atom stereocenters. The molecule has 0 fully saturated rings. The Kier molecular flexibility index (Phi) is 5.83. The molecule has 0 bridgehead atoms. The van der Waals surface area contributed by atoms with E-state index in [4.69, 9.17) is 0 Å². The smallest absolute Gasteiger partial charge is 0.323 e. The number of sulfonamides is 1. The molecule has 0 aliphatic rings. The Bertz CT molecular complexity index is 921. The van der Waals surface area contributed by atoms with Gasteiger partial charge in [0.15, 0.2) is 0 Å². The van der Waals surface area contributed by atoms with Crippen LogP contribution in [0.2, 0.25) is 0 Å². The highest BCUT2D eigenvalue weighted by molar-refractivity contribution is 7.89. The van der Waals surface area contributed by atoms with E-state index in [1.54, 1.807) is 0 Å². The fourth-order valence-electron chi connectivity index (χ4n) is 2.01. The summed E-state index contributed by atoms with van der Waals surface area (Å²) >= 11 is 0. The number of alkyl halides is 3. The van der Waals surface area contributed by atoms with Crippen molar-refractivity contribution in [3.63, 3.8) is 0 Å². The van der Waals surface area contributed by atoms with Gasteiger partial charge in [-0.05, 0) is 55.1 Å². The molecule has 0 aromatic heterocycles. The SMILES string of the molecule is CNS(=O)(=O)c1ccc(NC(=O)/C=C/c2cccc(C(F)(F)F)c2)cc1. The molecule has 0 saturated carbocycles. The van der Waals surface area contributed by atoms with Gasteiger partial charge in [-0.15, -0.1) is 0 Å². The molecule has 2 aromatic carbocycles. The Labute approximate surface area is 148 Å². The molecule has 26 heavy (non-hydrogen) atoms. The summed E-state index contributed by atoms with van der Waals surface area (Å²) in [7, 11) is -2.29. The second-order valence-electron chi connectivity index (χ2n) is 5.18. The molecule has 2 N–H and O–H groups in total. The number of halogens is 3. The average molecular weight is 384 g/mol. The highest BCUT2D eigenvalue weighted by Gasteiger charge is 2.30. The van der Waals surface area contributed by atoms with Crippen molar-refractivity contribution in [1.82, 2.24) is 4.72 Å². The lowest BCUT2D eigenvalue weighted by Gasteiger charge is -2.07. The Morgan fingerprint density at radius 1 is 1.08 bits per heavy atom. The molecule has 1 amide bonds. The van der Waals surface area contributed by atoms with Crippen LogP contribution in [0.15, 0.2) is 59.5 Å². The van der Waals surface area contributed by atoms with Gasteiger partial charge < -0.3 is 5.32 Å². The van der Waals surface area contributed by atoms with Crippen LogP contribution in [0.25, 0.3) is 6.08 Å². The average Bonchev–Trinajstić information content (AvgIpc) is 2.60. The van der Waals surface area contributed by atoms with E-state index in [0.29, 0.717) is 5.69 Å². The molecule has 5 nitrogen and oxygen atoms in total. The minimum Gasteiger partial charge on any atom is -0.323 e. The number of carbonyl (C=O) groups excluding carboxylic acids is 1. The predicted molar refractivity (Wildman–Crippen MR) is 91.8 cm³/mol. The van der Waals surface area contributed by atoms with Crippen molar-refractivity contribution in [2.24, 2.45) is 0 Å². The van der Waals surface area contributed by atoms with Crippen LogP contribution in [-0.2, 0) is 21.0 Å². The second-order valence-corrected chi connectivity index (χ2v) is 7.06. The number of amides is 1. The van der Waals surface area contributed by atoms with E-state index in [2.05, 4.69) is 10.0 Å². The highest BCUT2D eigenvalue weighted by Crippen LogP contribution is 2.29. The van der Waals surface area contributed by atoms with Gasteiger partial charge in [0.1, 0.15) is 0 Å². The van der Waals surface area contributed by atoms with Gasteiger partial charge in [-0.2, -0.15) is 13.2 Å². The standard InChI is InChI=1S/C17H15F3N2O3S/c1-21-26(24,25)15-8-6-14(7-9-15)22-16(23)10-5-12-3-2-4-13(11-12)17(18,19)20/h2-11,21H,1H3,(H,22,23)/b10-5+. The zero-order valence-corrected chi connectivity index (χ0v) is 14.4. The normalized spacial score (nSPS) is 12.3. The summed E-state index contributed by atoms with van der Waals surface area (Å²) in [5, 5.41) is 2.49. The van der Waals surface area contributed by atoms with Gasteiger partial charge in [-0.25, -0.2) is 13.1 Å². The van der Waals surface area contributed by atoms with E-state index in [1.807, 2.05) is 0 Å². The van der Waals surface area contributed by atoms with Crippen LogP contribution >= 0.6 is 0 Å². The van der Waals surface area contributed by atoms with Gasteiger partial charge in [0.05, 0.1) is 10.5 Å². The van der Waals surface area contributed by atoms with Crippen LogP contribution in [0.1, 0.15) is 11.1 Å². The maximum Gasteiger partial charge on any atom is 0.416 e. The van der Waals surface area contributed by atoms with E-state index in [9.17, 15) is 26.4 Å². The Morgan fingerprint density at radius 2 is 1.73 bits per heavy atom. The van der Waals surface area contributed by atoms with Gasteiger partial charge in [-0.3, -0.25) is 4.79 Å². The lowest BCUT2D eigenvalue weighted by molar-refractivity contribution is -0.137. The molecular weight excluding hydrogens is 369 g/mol. The molecule has 0 radical (unpaired) electrons. The van der Waals surface area contributed by atoms with E-state index >= 15 is 0 Å². The van der Waals surface area contributed by atoms with Crippen LogP contribution in [0.4, 0.5) is 18.9 Å². The summed E-state index contributed by atoms with van der Waals surface area (Å²) in [6.45, 7) is 0. The lowest BCUT2D eigenvalue weighted by atomic mass is 10.1. The van der Waals surface area contributed by atoms with Gasteiger partial charge in [0, 0.05) is 11.8 Å². The fourth-order valence-corrected chi connectivity index (χ4v) is 2.74. The number of benzene rings is 2. The maximum absolute atomic E-state index is 12.6. The molecule has 0 saturated heterocycles. The number of nitrogens with one attached hydrogen (secondary N) is 2. The molecule has 2 aromatic rings. The zero-order valence-electron chi connectivity index (χ0n) is 13.5. The van der Waals surface area contributed by atoms with Gasteiger partial charge in [0.25, 0.3) is 0 Å². The van der Waals surface area contributed by atoms with Crippen LogP contribution in [-0.4, -0.2) is 21.4 Å². The van der Waals surface area contributed by atoms with Crippen molar-refractivity contribution >= 4 is 27.7 Å². The van der Waals surface area contributed by atoms with Gasteiger partial charge >= 0.3 is 6.18 Å². The number of anilines is 1. The Morgan fingerprint density at radius 3 is 2.31 bits per heavy atom. The molecule has 0 unspecified atom stereocenters. The van der Waals surface area contributed by atoms with Crippen LogP contribution < -0.4 is 10.0 Å². The summed E-state index contributed by atoms with van der Waals surface area (Å²) in [4.78, 5) is 11.9. The van der Waals surface area contributed by atoms with E-state index in [0.717, 1.165) is 18.2 Å². The lowest BCUT2D eigenvalue weighted by Crippen LogP contribution is -2.18. The van der Waals surface area contributed by atoms with Crippen molar-refractivity contribution in [3.8, 4) is 0 Å². The molecule has 2 rings (SSSR count). The molecule has 0 aliphatic carbocycles. The first-order chi connectivity index (χ1) is 12.1. The quantitative estimate of drug-likeness (QED) is 0.777. The van der Waals surface area contributed by atoms with Crippen LogP contribution in [0.5, 0.6) is 0 Å². The van der Waals surface area contributed by atoms with Crippen molar-refractivity contribution in [2.45, 2.75) is 11.1 Å². The fraction of sp³-hybridized carbons (Fsp3) is 0.118. The third-order valence-corrected chi connectivity index (χ3v) is 4.77. The van der Waals surface area contributed by atoms with Crippen molar-refractivity contribution in [2.75, 3.05) is 12.4 Å². The second kappa shape index (κ2) is 7.71. The summed E-state index contributed by atoms with van der Waals surface area (Å²) < 4.78 is 63.3. The predicted octanol–water partition coefficient (Wildman–Crippen LogP) is 3.27. The van der Waals surface area contributed by atoms with Crippen molar-refractivity contribution in [1.29, 1.82) is 0 Å². The highest BCUT2D eigenvalue weighted by atomic mass is 32.2. The van der Waals surface area contributed by atoms with Crippen LogP contribution in [0, 0.1) is 0 Å². The van der Waals surface area contributed by atoms with Crippen molar-refractivity contribution < 1.29 is 26.4 Å². The van der Waals surface area contributed by atoms with Crippen molar-refractivity contribution in [3.05, 3.63) is 65.7 Å².